The fourth-order valence-corrected chi connectivity index (χ4v) is 0.866. The zero-order valence-electron chi connectivity index (χ0n) is 7.40. The lowest BCUT2D eigenvalue weighted by Gasteiger charge is -2.26. The Balaban J connectivity index is 3.63. The third-order valence-electron chi connectivity index (χ3n) is 1.92. The highest BCUT2D eigenvalue weighted by atomic mass is 16.4. The summed E-state index contributed by atoms with van der Waals surface area (Å²) in [5.41, 5.74) is -1.42. The summed E-state index contributed by atoms with van der Waals surface area (Å²) in [6, 6.07) is 0. The molecule has 2 atom stereocenters. The number of aliphatic hydroxyl groups excluding tert-OH is 3. The van der Waals surface area contributed by atoms with Gasteiger partial charge in [0.1, 0.15) is 5.60 Å². The normalized spacial score (nSPS) is 18.8. The van der Waals surface area contributed by atoms with Crippen molar-refractivity contribution < 1.29 is 20.4 Å². The van der Waals surface area contributed by atoms with Crippen molar-refractivity contribution in [2.75, 3.05) is 13.2 Å². The first kappa shape index (κ1) is 11.8. The van der Waals surface area contributed by atoms with E-state index in [2.05, 4.69) is 0 Å². The van der Waals surface area contributed by atoms with Gasteiger partial charge in [0.2, 0.25) is 0 Å². The first-order chi connectivity index (χ1) is 5.54. The minimum atomic E-state index is -1.42. The van der Waals surface area contributed by atoms with Crippen LogP contribution in [0.5, 0.6) is 0 Å². The predicted octanol–water partition coefficient (Wildman–Crippen LogP) is -0.747. The van der Waals surface area contributed by atoms with E-state index in [1.165, 1.54) is 6.92 Å². The molecule has 74 valence electrons. The maximum atomic E-state index is 9.33. The summed E-state index contributed by atoms with van der Waals surface area (Å²) in [5, 5.41) is 35.7. The van der Waals surface area contributed by atoms with E-state index < -0.39 is 18.3 Å². The van der Waals surface area contributed by atoms with Crippen LogP contribution in [0.4, 0.5) is 0 Å². The number of aliphatic hydroxyl groups is 4. The maximum Gasteiger partial charge on any atom is 0.111 e. The van der Waals surface area contributed by atoms with E-state index in [0.29, 0.717) is 19.3 Å². The largest absolute Gasteiger partial charge is 0.396 e. The second kappa shape index (κ2) is 5.48. The quantitative estimate of drug-likeness (QED) is 0.404. The Labute approximate surface area is 72.5 Å². The Morgan fingerprint density at radius 2 is 1.83 bits per heavy atom. The smallest absolute Gasteiger partial charge is 0.111 e. The fourth-order valence-electron chi connectivity index (χ4n) is 0.866. The highest BCUT2D eigenvalue weighted by Crippen LogP contribution is 2.14. The molecule has 0 saturated heterocycles. The zero-order chi connectivity index (χ0) is 9.61. The molecule has 0 bridgehead atoms. The van der Waals surface area contributed by atoms with Crippen LogP contribution in [0.15, 0.2) is 0 Å². The number of hydrogen-bond donors (Lipinski definition) is 4. The van der Waals surface area contributed by atoms with Gasteiger partial charge >= 0.3 is 0 Å². The molecular weight excluding hydrogens is 160 g/mol. The molecule has 0 aliphatic rings. The molecule has 0 rings (SSSR count). The summed E-state index contributed by atoms with van der Waals surface area (Å²) in [7, 11) is 0. The molecule has 0 fully saturated rings. The van der Waals surface area contributed by atoms with E-state index in [4.69, 9.17) is 10.2 Å². The minimum absolute atomic E-state index is 0.0913. The van der Waals surface area contributed by atoms with Gasteiger partial charge in [-0.15, -0.1) is 0 Å². The van der Waals surface area contributed by atoms with Gasteiger partial charge in [0.15, 0.2) is 0 Å². The van der Waals surface area contributed by atoms with Gasteiger partial charge in [-0.05, 0) is 26.2 Å². The molecule has 4 heteroatoms. The summed E-state index contributed by atoms with van der Waals surface area (Å²) in [4.78, 5) is 0. The summed E-state index contributed by atoms with van der Waals surface area (Å²) in [6.45, 7) is 1.03. The number of rotatable bonds is 6. The molecule has 2 unspecified atom stereocenters. The van der Waals surface area contributed by atoms with Crippen LogP contribution in [0.25, 0.3) is 0 Å². The standard InChI is InChI=1S/C8H18O4/c1-8(12,6-10)7(11)4-2-3-5-9/h7,9-12H,2-6H2,1H3. The van der Waals surface area contributed by atoms with Crippen molar-refractivity contribution in [3.8, 4) is 0 Å². The van der Waals surface area contributed by atoms with Crippen molar-refractivity contribution >= 4 is 0 Å². The van der Waals surface area contributed by atoms with Crippen LogP contribution < -0.4 is 0 Å². The summed E-state index contributed by atoms with van der Waals surface area (Å²) < 4.78 is 0. The first-order valence-electron chi connectivity index (χ1n) is 4.16. The molecule has 12 heavy (non-hydrogen) atoms. The Morgan fingerprint density at radius 3 is 2.25 bits per heavy atom. The monoisotopic (exact) mass is 178 g/mol. The van der Waals surface area contributed by atoms with Gasteiger partial charge in [0.05, 0.1) is 12.7 Å². The highest BCUT2D eigenvalue weighted by Gasteiger charge is 2.28. The number of hydrogen-bond acceptors (Lipinski definition) is 4. The molecular formula is C8H18O4. The van der Waals surface area contributed by atoms with Gasteiger partial charge in [0, 0.05) is 6.61 Å². The molecule has 4 N–H and O–H groups in total. The maximum absolute atomic E-state index is 9.33. The molecule has 4 nitrogen and oxygen atoms in total. The summed E-state index contributed by atoms with van der Waals surface area (Å²) >= 11 is 0. The molecule has 0 radical (unpaired) electrons. The average Bonchev–Trinajstić information content (AvgIpc) is 2.05. The van der Waals surface area contributed by atoms with E-state index in [1.54, 1.807) is 0 Å². The van der Waals surface area contributed by atoms with E-state index in [9.17, 15) is 10.2 Å². The van der Waals surface area contributed by atoms with Crippen molar-refractivity contribution in [3.05, 3.63) is 0 Å². The molecule has 0 aromatic carbocycles. The molecule has 0 aromatic heterocycles. The van der Waals surface area contributed by atoms with Crippen LogP contribution in [-0.2, 0) is 0 Å². The van der Waals surface area contributed by atoms with Gasteiger partial charge < -0.3 is 20.4 Å². The molecule has 0 aromatic rings. The van der Waals surface area contributed by atoms with Crippen LogP contribution in [0, 0.1) is 0 Å². The average molecular weight is 178 g/mol. The SMILES string of the molecule is CC(O)(CO)C(O)CCCCO. The molecule has 0 saturated carbocycles. The van der Waals surface area contributed by atoms with Gasteiger partial charge in [-0.25, -0.2) is 0 Å². The topological polar surface area (TPSA) is 80.9 Å². The lowest BCUT2D eigenvalue weighted by molar-refractivity contribution is -0.0953. The van der Waals surface area contributed by atoms with Crippen LogP contribution >= 0.6 is 0 Å². The zero-order valence-corrected chi connectivity index (χ0v) is 7.40. The predicted molar refractivity (Wildman–Crippen MR) is 44.7 cm³/mol. The molecule has 0 aliphatic heterocycles. The third kappa shape index (κ3) is 4.01. The van der Waals surface area contributed by atoms with E-state index in [-0.39, 0.29) is 6.61 Å². The van der Waals surface area contributed by atoms with Gasteiger partial charge in [0.25, 0.3) is 0 Å². The van der Waals surface area contributed by atoms with Gasteiger partial charge in [-0.1, -0.05) is 0 Å². The van der Waals surface area contributed by atoms with Crippen LogP contribution in [0.2, 0.25) is 0 Å². The van der Waals surface area contributed by atoms with Gasteiger partial charge in [-0.3, -0.25) is 0 Å². The van der Waals surface area contributed by atoms with Crippen LogP contribution in [0.3, 0.4) is 0 Å². The second-order valence-corrected chi connectivity index (χ2v) is 3.25. The highest BCUT2D eigenvalue weighted by molar-refractivity contribution is 4.80. The summed E-state index contributed by atoms with van der Waals surface area (Å²) in [5.74, 6) is 0. The second-order valence-electron chi connectivity index (χ2n) is 3.25. The lowest BCUT2D eigenvalue weighted by atomic mass is 9.96. The van der Waals surface area contributed by atoms with Crippen molar-refractivity contribution in [3.63, 3.8) is 0 Å². The molecule has 0 amide bonds. The van der Waals surface area contributed by atoms with E-state index >= 15 is 0 Å². The van der Waals surface area contributed by atoms with Crippen molar-refractivity contribution in [2.45, 2.75) is 37.9 Å². The molecule has 0 aliphatic carbocycles. The Morgan fingerprint density at radius 1 is 1.25 bits per heavy atom. The number of unbranched alkanes of at least 4 members (excludes halogenated alkanes) is 1. The van der Waals surface area contributed by atoms with E-state index in [0.717, 1.165) is 0 Å². The van der Waals surface area contributed by atoms with Crippen LogP contribution in [0.1, 0.15) is 26.2 Å². The van der Waals surface area contributed by atoms with Crippen LogP contribution in [-0.4, -0.2) is 45.3 Å². The van der Waals surface area contributed by atoms with E-state index in [1.807, 2.05) is 0 Å². The van der Waals surface area contributed by atoms with Gasteiger partial charge in [-0.2, -0.15) is 0 Å². The Bertz CT molecular complexity index is 114. The first-order valence-corrected chi connectivity index (χ1v) is 4.16. The lowest BCUT2D eigenvalue weighted by Crippen LogP contribution is -2.42. The molecule has 0 heterocycles. The minimum Gasteiger partial charge on any atom is -0.396 e. The van der Waals surface area contributed by atoms with Crippen molar-refractivity contribution in [1.29, 1.82) is 0 Å². The third-order valence-corrected chi connectivity index (χ3v) is 1.92. The summed E-state index contributed by atoms with van der Waals surface area (Å²) in [6.07, 6.45) is 0.731. The van der Waals surface area contributed by atoms with Crippen molar-refractivity contribution in [1.82, 2.24) is 0 Å². The molecule has 0 spiro atoms. The Hall–Kier alpha value is -0.160. The van der Waals surface area contributed by atoms with Crippen molar-refractivity contribution in [2.24, 2.45) is 0 Å². The Kier molecular flexibility index (Phi) is 5.41. The fraction of sp³-hybridized carbons (Fsp3) is 1.00.